The van der Waals surface area contributed by atoms with Gasteiger partial charge < -0.3 is 28.6 Å². The van der Waals surface area contributed by atoms with Gasteiger partial charge in [0.15, 0.2) is 11.5 Å². The number of hydrogen-bond acceptors (Lipinski definition) is 6. The van der Waals surface area contributed by atoms with Crippen LogP contribution in [0.3, 0.4) is 0 Å². The lowest BCUT2D eigenvalue weighted by atomic mass is 9.53. The lowest BCUT2D eigenvalue weighted by molar-refractivity contribution is -0.0809. The molecule has 5 atom stereocenters. The molecule has 2 bridgehead atoms. The number of nitrogens with zero attached hydrogens (tertiary/aromatic N) is 1. The van der Waals surface area contributed by atoms with Gasteiger partial charge in [0.1, 0.15) is 12.2 Å². The van der Waals surface area contributed by atoms with Crippen molar-refractivity contribution in [1.29, 1.82) is 0 Å². The summed E-state index contributed by atoms with van der Waals surface area (Å²) in [7, 11) is 5.66. The first-order valence-electron chi connectivity index (χ1n) is 10.6. The van der Waals surface area contributed by atoms with E-state index in [1.807, 2.05) is 0 Å². The van der Waals surface area contributed by atoms with Crippen LogP contribution in [-0.4, -0.2) is 77.4 Å². The van der Waals surface area contributed by atoms with Crippen molar-refractivity contribution in [2.75, 3.05) is 54.2 Å². The van der Waals surface area contributed by atoms with Crippen LogP contribution in [0.5, 0.6) is 11.5 Å². The smallest absolute Gasteiger partial charge is 0.165 e. The Morgan fingerprint density at radius 3 is 2.83 bits per heavy atom. The highest BCUT2D eigenvalue weighted by atomic mass is 16.6. The number of ether oxygens (including phenoxy) is 5. The molecule has 1 aromatic rings. The van der Waals surface area contributed by atoms with Crippen molar-refractivity contribution < 1.29 is 23.7 Å². The van der Waals surface area contributed by atoms with E-state index < -0.39 is 0 Å². The number of piperidine rings is 1. The maximum Gasteiger partial charge on any atom is 0.165 e. The minimum Gasteiger partial charge on any atom is -0.493 e. The molecule has 1 saturated heterocycles. The zero-order chi connectivity index (χ0) is 20.0. The van der Waals surface area contributed by atoms with Gasteiger partial charge in [0.2, 0.25) is 0 Å². The largest absolute Gasteiger partial charge is 0.493 e. The average molecular weight is 402 g/mol. The Morgan fingerprint density at radius 1 is 1.14 bits per heavy atom. The second-order valence-corrected chi connectivity index (χ2v) is 8.56. The fourth-order valence-corrected chi connectivity index (χ4v) is 6.00. The predicted octanol–water partition coefficient (Wildman–Crippen LogP) is 2.19. The Kier molecular flexibility index (Phi) is 5.06. The Bertz CT molecular complexity index is 796. The van der Waals surface area contributed by atoms with Crippen LogP contribution >= 0.6 is 0 Å². The van der Waals surface area contributed by atoms with Gasteiger partial charge in [0.25, 0.3) is 0 Å². The normalized spacial score (nSPS) is 34.0. The van der Waals surface area contributed by atoms with Gasteiger partial charge in [-0.05, 0) is 38.1 Å². The highest BCUT2D eigenvalue weighted by Gasteiger charge is 2.64. The van der Waals surface area contributed by atoms with Crippen molar-refractivity contribution in [2.24, 2.45) is 5.92 Å². The van der Waals surface area contributed by atoms with E-state index in [0.29, 0.717) is 38.4 Å². The molecule has 6 heteroatoms. The Labute approximate surface area is 172 Å². The van der Waals surface area contributed by atoms with Gasteiger partial charge in [0.05, 0.1) is 33.5 Å². The van der Waals surface area contributed by atoms with Gasteiger partial charge in [0, 0.05) is 30.0 Å². The highest BCUT2D eigenvalue weighted by molar-refractivity contribution is 5.62. The highest BCUT2D eigenvalue weighted by Crippen LogP contribution is 2.62. The van der Waals surface area contributed by atoms with Gasteiger partial charge in [-0.1, -0.05) is 18.2 Å². The number of benzene rings is 1. The van der Waals surface area contributed by atoms with E-state index in [0.717, 1.165) is 30.9 Å². The minimum atomic E-state index is -0.0793. The van der Waals surface area contributed by atoms with Gasteiger partial charge in [-0.25, -0.2) is 0 Å². The lowest BCUT2D eigenvalue weighted by Gasteiger charge is -2.56. The molecule has 1 spiro atoms. The predicted molar refractivity (Wildman–Crippen MR) is 109 cm³/mol. The molecule has 4 aliphatic rings. The van der Waals surface area contributed by atoms with Crippen molar-refractivity contribution in [2.45, 2.75) is 36.5 Å². The van der Waals surface area contributed by atoms with Crippen molar-refractivity contribution in [3.05, 3.63) is 35.4 Å². The van der Waals surface area contributed by atoms with Crippen LogP contribution in [0.4, 0.5) is 0 Å². The molecule has 1 fully saturated rings. The quantitative estimate of drug-likeness (QED) is 0.492. The molecular weight excluding hydrogens is 370 g/mol. The molecule has 1 aromatic carbocycles. The first kappa shape index (κ1) is 19.4. The fraction of sp³-hybridized carbons (Fsp3) is 0.652. The third-order valence-electron chi connectivity index (χ3n) is 7.30. The van der Waals surface area contributed by atoms with Gasteiger partial charge in [-0.3, -0.25) is 0 Å². The molecular formula is C23H31NO5. The number of likely N-dealkylation sites (N-methyl/N-ethyl adjacent to an activating group) is 1. The molecule has 0 N–H and O–H groups in total. The van der Waals surface area contributed by atoms with E-state index in [-0.39, 0.29) is 17.6 Å². The van der Waals surface area contributed by atoms with Crippen LogP contribution in [0, 0.1) is 5.92 Å². The fourth-order valence-electron chi connectivity index (χ4n) is 6.00. The zero-order valence-corrected chi connectivity index (χ0v) is 17.6. The van der Waals surface area contributed by atoms with Crippen LogP contribution < -0.4 is 9.47 Å². The van der Waals surface area contributed by atoms with E-state index in [9.17, 15) is 0 Å². The second kappa shape index (κ2) is 7.58. The maximum atomic E-state index is 6.66. The SMILES string of the molecule is COCCOCCO[C@H]1C=CC2C3Cc4ccc(OC)c5c4[C@@]2(CCN3C)C1O5. The monoisotopic (exact) mass is 401 g/mol. The van der Waals surface area contributed by atoms with Crippen molar-refractivity contribution >= 4 is 0 Å². The van der Waals surface area contributed by atoms with Crippen molar-refractivity contribution in [1.82, 2.24) is 4.90 Å². The van der Waals surface area contributed by atoms with Crippen LogP contribution in [0.15, 0.2) is 24.3 Å². The second-order valence-electron chi connectivity index (χ2n) is 8.56. The topological polar surface area (TPSA) is 49.4 Å². The number of methoxy groups -OCH3 is 2. The Hall–Kier alpha value is -1.60. The number of rotatable bonds is 8. The molecule has 0 aromatic heterocycles. The summed E-state index contributed by atoms with van der Waals surface area (Å²) in [6, 6.07) is 4.81. The molecule has 2 aliphatic carbocycles. The summed E-state index contributed by atoms with van der Waals surface area (Å²) < 4.78 is 29.2. The third-order valence-corrected chi connectivity index (χ3v) is 7.30. The first-order chi connectivity index (χ1) is 14.2. The summed E-state index contributed by atoms with van der Waals surface area (Å²) in [6.07, 6.45) is 6.67. The van der Waals surface area contributed by atoms with E-state index in [4.69, 9.17) is 23.7 Å². The Balaban J connectivity index is 1.45. The lowest BCUT2D eigenvalue weighted by Crippen LogP contribution is -2.65. The van der Waals surface area contributed by atoms with E-state index in [2.05, 4.69) is 36.2 Å². The maximum absolute atomic E-state index is 6.66. The Morgan fingerprint density at radius 2 is 2.00 bits per heavy atom. The first-order valence-corrected chi connectivity index (χ1v) is 10.6. The summed E-state index contributed by atoms with van der Waals surface area (Å²) in [5.74, 6) is 2.23. The third kappa shape index (κ3) is 2.84. The van der Waals surface area contributed by atoms with Gasteiger partial charge in [-0.2, -0.15) is 0 Å². The molecule has 2 aliphatic heterocycles. The van der Waals surface area contributed by atoms with E-state index >= 15 is 0 Å². The van der Waals surface area contributed by atoms with Crippen molar-refractivity contribution in [3.8, 4) is 11.5 Å². The van der Waals surface area contributed by atoms with Gasteiger partial charge in [-0.15, -0.1) is 0 Å². The van der Waals surface area contributed by atoms with Crippen LogP contribution in [0.1, 0.15) is 17.5 Å². The molecule has 29 heavy (non-hydrogen) atoms. The molecule has 5 rings (SSSR count). The minimum absolute atomic E-state index is 0.0157. The van der Waals surface area contributed by atoms with E-state index in [1.165, 1.54) is 11.1 Å². The molecule has 0 saturated carbocycles. The van der Waals surface area contributed by atoms with Crippen molar-refractivity contribution in [3.63, 3.8) is 0 Å². The van der Waals surface area contributed by atoms with Crippen LogP contribution in [-0.2, 0) is 26.0 Å². The molecule has 6 nitrogen and oxygen atoms in total. The van der Waals surface area contributed by atoms with Crippen LogP contribution in [0.2, 0.25) is 0 Å². The standard InChI is InChI=1S/C23H31NO5/c1-24-9-8-23-16-5-7-19(28-13-12-27-11-10-25-2)22(23)29-21-18(26-3)6-4-15(20(21)23)14-17(16)24/h4-7,16-17,19,22H,8-14H2,1-3H3/t16?,17?,19-,22?,23-/m0/s1. The van der Waals surface area contributed by atoms with Gasteiger partial charge >= 0.3 is 0 Å². The zero-order valence-electron chi connectivity index (χ0n) is 17.6. The summed E-state index contributed by atoms with van der Waals surface area (Å²) in [4.78, 5) is 2.52. The molecule has 2 heterocycles. The summed E-state index contributed by atoms with van der Waals surface area (Å²) >= 11 is 0. The molecule has 0 radical (unpaired) electrons. The summed E-state index contributed by atoms with van der Waals surface area (Å²) in [5.41, 5.74) is 2.77. The van der Waals surface area contributed by atoms with E-state index in [1.54, 1.807) is 14.2 Å². The summed E-state index contributed by atoms with van der Waals surface area (Å²) in [5, 5.41) is 0. The number of hydrogen-bond donors (Lipinski definition) is 0. The molecule has 158 valence electrons. The molecule has 3 unspecified atom stereocenters. The number of likely N-dealkylation sites (tertiary alicyclic amines) is 1. The summed E-state index contributed by atoms with van der Waals surface area (Å²) in [6.45, 7) is 3.38. The van der Waals surface area contributed by atoms with Crippen LogP contribution in [0.25, 0.3) is 0 Å². The average Bonchev–Trinajstić information content (AvgIpc) is 3.09. The molecule has 0 amide bonds.